The van der Waals surface area contributed by atoms with Gasteiger partial charge in [0.05, 0.1) is 17.6 Å². The molecule has 5 nitrogen and oxygen atoms in total. The van der Waals surface area contributed by atoms with Crippen LogP contribution in [0.25, 0.3) is 0 Å². The molecule has 0 aromatic heterocycles. The lowest BCUT2D eigenvalue weighted by Crippen LogP contribution is -2.45. The SMILES string of the molecule is CCOC[C@]1(O)CC[C@]2(CCN(c3ccc(O[C@@H](C)C(F)(F)F)cc3)C2=O)CC1. The lowest BCUT2D eigenvalue weighted by molar-refractivity contribution is -0.189. The molecular weight excluding hydrogens is 387 g/mol. The first-order valence-electron chi connectivity index (χ1n) is 10.0. The van der Waals surface area contributed by atoms with Crippen molar-refractivity contribution in [2.45, 2.75) is 63.8 Å². The molecule has 1 aromatic carbocycles. The first kappa shape index (κ1) is 21.9. The van der Waals surface area contributed by atoms with Crippen LogP contribution in [0.4, 0.5) is 18.9 Å². The van der Waals surface area contributed by atoms with E-state index in [4.69, 9.17) is 9.47 Å². The summed E-state index contributed by atoms with van der Waals surface area (Å²) in [5, 5.41) is 10.6. The quantitative estimate of drug-likeness (QED) is 0.761. The number of carbonyl (C=O) groups excluding carboxylic acids is 1. The van der Waals surface area contributed by atoms with Gasteiger partial charge in [-0.15, -0.1) is 0 Å². The van der Waals surface area contributed by atoms with Crippen molar-refractivity contribution in [3.63, 3.8) is 0 Å². The molecule has 1 aliphatic heterocycles. The van der Waals surface area contributed by atoms with Crippen molar-refractivity contribution in [3.05, 3.63) is 24.3 Å². The van der Waals surface area contributed by atoms with Gasteiger partial charge in [0.1, 0.15) is 5.75 Å². The van der Waals surface area contributed by atoms with Gasteiger partial charge in [0.15, 0.2) is 6.10 Å². The maximum atomic E-state index is 13.1. The van der Waals surface area contributed by atoms with Crippen molar-refractivity contribution in [2.24, 2.45) is 5.41 Å². The van der Waals surface area contributed by atoms with Gasteiger partial charge in [0.25, 0.3) is 0 Å². The van der Waals surface area contributed by atoms with Crippen LogP contribution in [-0.4, -0.2) is 48.7 Å². The van der Waals surface area contributed by atoms with E-state index in [1.54, 1.807) is 17.0 Å². The fourth-order valence-corrected chi connectivity index (χ4v) is 4.14. The highest BCUT2D eigenvalue weighted by Gasteiger charge is 2.51. The lowest BCUT2D eigenvalue weighted by Gasteiger charge is -2.40. The van der Waals surface area contributed by atoms with Crippen molar-refractivity contribution >= 4 is 11.6 Å². The van der Waals surface area contributed by atoms with Gasteiger partial charge in [-0.2, -0.15) is 13.2 Å². The number of carbonyl (C=O) groups is 1. The van der Waals surface area contributed by atoms with E-state index in [-0.39, 0.29) is 18.3 Å². The number of rotatable bonds is 6. The van der Waals surface area contributed by atoms with E-state index >= 15 is 0 Å². The smallest absolute Gasteiger partial charge is 0.425 e. The molecule has 1 N–H and O–H groups in total. The zero-order valence-corrected chi connectivity index (χ0v) is 16.8. The first-order chi connectivity index (χ1) is 13.6. The summed E-state index contributed by atoms with van der Waals surface area (Å²) in [6.45, 7) is 4.22. The molecule has 1 saturated carbocycles. The third kappa shape index (κ3) is 4.69. The molecule has 0 bridgehead atoms. The predicted octanol–water partition coefficient (Wildman–Crippen LogP) is 4.08. The van der Waals surface area contributed by atoms with Crippen LogP contribution in [0.2, 0.25) is 0 Å². The second kappa shape index (κ2) is 8.14. The van der Waals surface area contributed by atoms with Crippen molar-refractivity contribution < 1.29 is 32.5 Å². The summed E-state index contributed by atoms with van der Waals surface area (Å²) < 4.78 is 48.2. The topological polar surface area (TPSA) is 59.0 Å². The summed E-state index contributed by atoms with van der Waals surface area (Å²) in [6, 6.07) is 6.14. The molecular formula is C21H28F3NO4. The highest BCUT2D eigenvalue weighted by molar-refractivity contribution is 6.00. The average molecular weight is 415 g/mol. The Bertz CT molecular complexity index is 712. The molecule has 1 amide bonds. The molecule has 1 saturated heterocycles. The van der Waals surface area contributed by atoms with E-state index < -0.39 is 23.3 Å². The fourth-order valence-electron chi connectivity index (χ4n) is 4.14. The second-order valence-electron chi connectivity index (χ2n) is 8.14. The summed E-state index contributed by atoms with van der Waals surface area (Å²) in [7, 11) is 0. The van der Waals surface area contributed by atoms with E-state index in [0.29, 0.717) is 50.9 Å². The van der Waals surface area contributed by atoms with Crippen molar-refractivity contribution in [2.75, 3.05) is 24.7 Å². The van der Waals surface area contributed by atoms with Crippen LogP contribution in [0.5, 0.6) is 5.75 Å². The Labute approximate surface area is 168 Å². The minimum Gasteiger partial charge on any atom is -0.481 e. The molecule has 1 aliphatic carbocycles. The maximum absolute atomic E-state index is 13.1. The highest BCUT2D eigenvalue weighted by atomic mass is 19.4. The van der Waals surface area contributed by atoms with Crippen LogP contribution < -0.4 is 9.64 Å². The monoisotopic (exact) mass is 415 g/mol. The van der Waals surface area contributed by atoms with Gasteiger partial charge in [-0.3, -0.25) is 4.79 Å². The molecule has 0 unspecified atom stereocenters. The molecule has 8 heteroatoms. The number of nitrogens with zero attached hydrogens (tertiary/aromatic N) is 1. The molecule has 162 valence electrons. The number of benzene rings is 1. The van der Waals surface area contributed by atoms with Gasteiger partial charge in [-0.05, 0) is 70.2 Å². The van der Waals surface area contributed by atoms with E-state index in [1.807, 2.05) is 6.92 Å². The Kier molecular flexibility index (Phi) is 6.15. The summed E-state index contributed by atoms with van der Waals surface area (Å²) in [5.41, 5.74) is -0.698. The highest BCUT2D eigenvalue weighted by Crippen LogP contribution is 2.48. The molecule has 29 heavy (non-hydrogen) atoms. The van der Waals surface area contributed by atoms with Crippen molar-refractivity contribution in [1.29, 1.82) is 0 Å². The number of halogens is 3. The second-order valence-corrected chi connectivity index (χ2v) is 8.14. The minimum atomic E-state index is -4.43. The number of aliphatic hydroxyl groups is 1. The van der Waals surface area contributed by atoms with Crippen molar-refractivity contribution in [1.82, 2.24) is 0 Å². The van der Waals surface area contributed by atoms with E-state index in [1.165, 1.54) is 12.1 Å². The van der Waals surface area contributed by atoms with Gasteiger partial charge < -0.3 is 19.5 Å². The van der Waals surface area contributed by atoms with Gasteiger partial charge >= 0.3 is 6.18 Å². The van der Waals surface area contributed by atoms with E-state index in [2.05, 4.69) is 0 Å². The van der Waals surface area contributed by atoms with Crippen molar-refractivity contribution in [3.8, 4) is 5.75 Å². The third-order valence-corrected chi connectivity index (χ3v) is 6.15. The minimum absolute atomic E-state index is 0.0216. The van der Waals surface area contributed by atoms with Crippen LogP contribution in [0.3, 0.4) is 0 Å². The Morgan fingerprint density at radius 3 is 2.31 bits per heavy atom. The number of alkyl halides is 3. The Morgan fingerprint density at radius 1 is 1.14 bits per heavy atom. The Balaban J connectivity index is 1.63. The number of anilines is 1. The van der Waals surface area contributed by atoms with E-state index in [9.17, 15) is 23.1 Å². The summed E-state index contributed by atoms with van der Waals surface area (Å²) in [4.78, 5) is 14.8. The molecule has 1 spiro atoms. The number of hydrogen-bond acceptors (Lipinski definition) is 4. The zero-order valence-electron chi connectivity index (χ0n) is 16.8. The van der Waals surface area contributed by atoms with Crippen LogP contribution in [0.1, 0.15) is 46.0 Å². The first-order valence-corrected chi connectivity index (χ1v) is 10.0. The van der Waals surface area contributed by atoms with Crippen LogP contribution >= 0.6 is 0 Å². The summed E-state index contributed by atoms with van der Waals surface area (Å²) >= 11 is 0. The Morgan fingerprint density at radius 2 is 1.76 bits per heavy atom. The molecule has 1 heterocycles. The van der Waals surface area contributed by atoms with Crippen LogP contribution in [0.15, 0.2) is 24.3 Å². The summed E-state index contributed by atoms with van der Waals surface area (Å²) in [5.74, 6) is 0.131. The number of ether oxygens (including phenoxy) is 2. The molecule has 3 rings (SSSR count). The summed E-state index contributed by atoms with van der Waals surface area (Å²) in [6.07, 6.45) is -3.36. The van der Waals surface area contributed by atoms with Gasteiger partial charge in [-0.1, -0.05) is 0 Å². The largest absolute Gasteiger partial charge is 0.481 e. The van der Waals surface area contributed by atoms with Gasteiger partial charge in [0, 0.05) is 18.8 Å². The zero-order chi connectivity index (χ0) is 21.3. The lowest BCUT2D eigenvalue weighted by atomic mass is 9.68. The maximum Gasteiger partial charge on any atom is 0.425 e. The predicted molar refractivity (Wildman–Crippen MR) is 102 cm³/mol. The molecule has 2 fully saturated rings. The fraction of sp³-hybridized carbons (Fsp3) is 0.667. The standard InChI is InChI=1S/C21H28F3NO4/c1-3-28-14-20(27)10-8-19(9-11-20)12-13-25(18(19)26)16-4-6-17(7-5-16)29-15(2)21(22,23)24/h4-7,15,27H,3,8-14H2,1-2H3/t15-,19-,20+/m0/s1. The average Bonchev–Trinajstić information content (AvgIpc) is 2.99. The Hall–Kier alpha value is -1.80. The third-order valence-electron chi connectivity index (χ3n) is 6.15. The normalized spacial score (nSPS) is 28.8. The molecule has 1 aromatic rings. The van der Waals surface area contributed by atoms with Gasteiger partial charge in [0.2, 0.25) is 5.91 Å². The number of hydrogen-bond donors (Lipinski definition) is 1. The van der Waals surface area contributed by atoms with E-state index in [0.717, 1.165) is 6.92 Å². The van der Waals surface area contributed by atoms with Crippen LogP contribution in [0, 0.1) is 5.41 Å². The van der Waals surface area contributed by atoms with Gasteiger partial charge in [-0.25, -0.2) is 0 Å². The van der Waals surface area contributed by atoms with Crippen LogP contribution in [-0.2, 0) is 9.53 Å². The molecule has 2 aliphatic rings. The molecule has 0 radical (unpaired) electrons. The number of amides is 1. The molecule has 1 atom stereocenters.